The van der Waals surface area contributed by atoms with Crippen LogP contribution in [0.5, 0.6) is 5.75 Å². The van der Waals surface area contributed by atoms with Crippen LogP contribution in [0.15, 0.2) is 71.6 Å². The number of carbonyl (C=O) groups excluding carboxylic acids is 1. The molecule has 1 aliphatic heterocycles. The average Bonchev–Trinajstić information content (AvgIpc) is 2.79. The molecule has 0 spiro atoms. The Bertz CT molecular complexity index is 1220. The average molecular weight is 437 g/mol. The number of ether oxygens (including phenoxy) is 1. The van der Waals surface area contributed by atoms with Crippen LogP contribution in [0.2, 0.25) is 0 Å². The lowest BCUT2D eigenvalue weighted by Gasteiger charge is -2.31. The Morgan fingerprint density at radius 2 is 1.77 bits per heavy atom. The normalized spacial score (nSPS) is 13.4. The number of amides is 1. The molecule has 1 N–H and O–H groups in total. The quantitative estimate of drug-likeness (QED) is 0.643. The third-order valence-corrected chi connectivity index (χ3v) is 7.40. The molecule has 3 aromatic carbocycles. The predicted octanol–water partition coefficient (Wildman–Crippen LogP) is 4.40. The number of nitrogens with zero attached hydrogens (tertiary/aromatic N) is 1. The molecule has 0 aliphatic carbocycles. The zero-order valence-electron chi connectivity index (χ0n) is 17.5. The van der Waals surface area contributed by atoms with Crippen molar-refractivity contribution in [3.8, 4) is 5.75 Å². The standard InChI is InChI=1S/C24H24N2O4S/c1-17-6-3-4-8-23(17)31(28,29)26-15-5-7-18-16-19(9-14-22(18)26)24(27)25-20-10-12-21(30-2)13-11-20/h3-4,6,8-14,16H,5,7,15H2,1-2H3,(H,25,27). The van der Waals surface area contributed by atoms with Crippen molar-refractivity contribution in [2.24, 2.45) is 0 Å². The van der Waals surface area contributed by atoms with E-state index >= 15 is 0 Å². The fourth-order valence-corrected chi connectivity index (χ4v) is 5.57. The summed E-state index contributed by atoms with van der Waals surface area (Å²) in [7, 11) is -2.09. The van der Waals surface area contributed by atoms with Crippen LogP contribution >= 0.6 is 0 Å². The van der Waals surface area contributed by atoms with Crippen molar-refractivity contribution in [2.75, 3.05) is 23.3 Å². The Morgan fingerprint density at radius 3 is 2.48 bits per heavy atom. The van der Waals surface area contributed by atoms with Crippen molar-refractivity contribution in [1.29, 1.82) is 0 Å². The summed E-state index contributed by atoms with van der Waals surface area (Å²) in [5.74, 6) is 0.466. The lowest BCUT2D eigenvalue weighted by molar-refractivity contribution is 0.102. The van der Waals surface area contributed by atoms with Gasteiger partial charge in [-0.15, -0.1) is 0 Å². The Labute approximate surface area is 182 Å². The molecule has 1 aliphatic rings. The van der Waals surface area contributed by atoms with Crippen molar-refractivity contribution in [2.45, 2.75) is 24.7 Å². The number of hydrogen-bond donors (Lipinski definition) is 1. The Hall–Kier alpha value is -3.32. The molecule has 31 heavy (non-hydrogen) atoms. The summed E-state index contributed by atoms with van der Waals surface area (Å²) >= 11 is 0. The van der Waals surface area contributed by atoms with Gasteiger partial charge in [0.25, 0.3) is 15.9 Å². The first kappa shape index (κ1) is 20.9. The largest absolute Gasteiger partial charge is 0.497 e. The smallest absolute Gasteiger partial charge is 0.264 e. The van der Waals surface area contributed by atoms with Crippen LogP contribution in [0.1, 0.15) is 27.9 Å². The number of aryl methyl sites for hydroxylation is 2. The lowest BCUT2D eigenvalue weighted by Crippen LogP contribution is -2.36. The number of sulfonamides is 1. The van der Waals surface area contributed by atoms with Gasteiger partial charge in [0.2, 0.25) is 0 Å². The van der Waals surface area contributed by atoms with Gasteiger partial charge in [-0.05, 0) is 79.4 Å². The fraction of sp³-hybridized carbons (Fsp3) is 0.208. The number of nitrogens with one attached hydrogen (secondary N) is 1. The third-order valence-electron chi connectivity index (χ3n) is 5.43. The van der Waals surface area contributed by atoms with Gasteiger partial charge in [-0.25, -0.2) is 8.42 Å². The molecule has 7 heteroatoms. The summed E-state index contributed by atoms with van der Waals surface area (Å²) in [6.45, 7) is 2.21. The maximum absolute atomic E-state index is 13.3. The molecular formula is C24H24N2O4S. The van der Waals surface area contributed by atoms with E-state index in [0.717, 1.165) is 12.0 Å². The Kier molecular flexibility index (Phi) is 5.69. The van der Waals surface area contributed by atoms with Gasteiger partial charge in [-0.3, -0.25) is 9.10 Å². The summed E-state index contributed by atoms with van der Waals surface area (Å²) < 4.78 is 33.2. The molecule has 4 rings (SSSR count). The van der Waals surface area contributed by atoms with Gasteiger partial charge in [-0.2, -0.15) is 0 Å². The van der Waals surface area contributed by atoms with Crippen molar-refractivity contribution in [3.05, 3.63) is 83.4 Å². The van der Waals surface area contributed by atoms with Gasteiger partial charge >= 0.3 is 0 Å². The number of methoxy groups -OCH3 is 1. The first-order valence-corrected chi connectivity index (χ1v) is 11.5. The second kappa shape index (κ2) is 8.43. The van der Waals surface area contributed by atoms with E-state index in [1.54, 1.807) is 74.7 Å². The van der Waals surface area contributed by atoms with Gasteiger partial charge in [0, 0.05) is 17.8 Å². The highest BCUT2D eigenvalue weighted by Crippen LogP contribution is 2.33. The molecule has 6 nitrogen and oxygen atoms in total. The van der Waals surface area contributed by atoms with E-state index in [-0.39, 0.29) is 5.91 Å². The predicted molar refractivity (Wildman–Crippen MR) is 121 cm³/mol. The molecule has 0 radical (unpaired) electrons. The van der Waals surface area contributed by atoms with E-state index in [0.29, 0.717) is 46.1 Å². The fourth-order valence-electron chi connectivity index (χ4n) is 3.80. The maximum atomic E-state index is 13.3. The van der Waals surface area contributed by atoms with Crippen LogP contribution in [0.3, 0.4) is 0 Å². The van der Waals surface area contributed by atoms with Crippen LogP contribution in [0, 0.1) is 6.92 Å². The molecule has 0 aromatic heterocycles. The van der Waals surface area contributed by atoms with Crippen molar-refractivity contribution >= 4 is 27.3 Å². The second-order valence-corrected chi connectivity index (χ2v) is 9.30. The molecule has 0 bridgehead atoms. The highest BCUT2D eigenvalue weighted by molar-refractivity contribution is 7.92. The number of hydrogen-bond acceptors (Lipinski definition) is 4. The summed E-state index contributed by atoms with van der Waals surface area (Å²) in [6, 6.07) is 19.3. The zero-order valence-corrected chi connectivity index (χ0v) is 18.3. The summed E-state index contributed by atoms with van der Waals surface area (Å²) in [6.07, 6.45) is 1.42. The van der Waals surface area contributed by atoms with Crippen molar-refractivity contribution < 1.29 is 17.9 Å². The monoisotopic (exact) mass is 436 g/mol. The topological polar surface area (TPSA) is 75.7 Å². The molecule has 0 unspecified atom stereocenters. The van der Waals surface area contributed by atoms with Crippen LogP contribution < -0.4 is 14.4 Å². The first-order valence-electron chi connectivity index (χ1n) is 10.1. The molecule has 1 heterocycles. The summed E-state index contributed by atoms with van der Waals surface area (Å²) in [5, 5.41) is 2.86. The molecule has 160 valence electrons. The Morgan fingerprint density at radius 1 is 1.03 bits per heavy atom. The zero-order chi connectivity index (χ0) is 22.0. The molecule has 0 saturated heterocycles. The van der Waals surface area contributed by atoms with E-state index in [1.807, 2.05) is 6.07 Å². The number of carbonyl (C=O) groups is 1. The highest BCUT2D eigenvalue weighted by atomic mass is 32.2. The van der Waals surface area contributed by atoms with Gasteiger partial charge < -0.3 is 10.1 Å². The molecule has 3 aromatic rings. The summed E-state index contributed by atoms with van der Waals surface area (Å²) in [5.41, 5.74) is 3.35. The van der Waals surface area contributed by atoms with Gasteiger partial charge in [-0.1, -0.05) is 18.2 Å². The van der Waals surface area contributed by atoms with Gasteiger partial charge in [0.1, 0.15) is 5.75 Å². The summed E-state index contributed by atoms with van der Waals surface area (Å²) in [4.78, 5) is 13.0. The maximum Gasteiger partial charge on any atom is 0.264 e. The first-order chi connectivity index (χ1) is 14.9. The molecule has 1 amide bonds. The van der Waals surface area contributed by atoms with E-state index < -0.39 is 10.0 Å². The number of anilines is 2. The van der Waals surface area contributed by atoms with Crippen molar-refractivity contribution in [1.82, 2.24) is 0 Å². The molecular weight excluding hydrogens is 412 g/mol. The van der Waals surface area contributed by atoms with Crippen molar-refractivity contribution in [3.63, 3.8) is 0 Å². The second-order valence-electron chi connectivity index (χ2n) is 7.47. The highest BCUT2D eigenvalue weighted by Gasteiger charge is 2.30. The number of fused-ring (bicyclic) bond motifs is 1. The van der Waals surface area contributed by atoms with Gasteiger partial charge in [0.15, 0.2) is 0 Å². The van der Waals surface area contributed by atoms with Crippen LogP contribution in [-0.4, -0.2) is 28.0 Å². The number of benzene rings is 3. The van der Waals surface area contributed by atoms with Crippen LogP contribution in [-0.2, 0) is 16.4 Å². The third kappa shape index (κ3) is 4.14. The minimum Gasteiger partial charge on any atom is -0.497 e. The number of rotatable bonds is 5. The van der Waals surface area contributed by atoms with Gasteiger partial charge in [0.05, 0.1) is 17.7 Å². The SMILES string of the molecule is COc1ccc(NC(=O)c2ccc3c(c2)CCCN3S(=O)(=O)c2ccccc2C)cc1. The molecule has 0 fully saturated rings. The van der Waals surface area contributed by atoms with Crippen LogP contribution in [0.4, 0.5) is 11.4 Å². The minimum absolute atomic E-state index is 0.244. The van der Waals surface area contributed by atoms with E-state index in [9.17, 15) is 13.2 Å². The Balaban J connectivity index is 1.61. The van der Waals surface area contributed by atoms with E-state index in [2.05, 4.69) is 5.32 Å². The van der Waals surface area contributed by atoms with E-state index in [4.69, 9.17) is 4.74 Å². The minimum atomic E-state index is -3.67. The lowest BCUT2D eigenvalue weighted by atomic mass is 10.0. The molecule has 0 saturated carbocycles. The van der Waals surface area contributed by atoms with Crippen LogP contribution in [0.25, 0.3) is 0 Å². The van der Waals surface area contributed by atoms with E-state index in [1.165, 1.54) is 4.31 Å². The molecule has 0 atom stereocenters.